The van der Waals surface area contributed by atoms with Crippen molar-refractivity contribution in [2.24, 2.45) is 0 Å². The summed E-state index contributed by atoms with van der Waals surface area (Å²) in [7, 11) is 0. The third kappa shape index (κ3) is 4.17. The van der Waals surface area contributed by atoms with Crippen LogP contribution in [0.1, 0.15) is 5.56 Å². The second kappa shape index (κ2) is 6.48. The average molecular weight is 278 g/mol. The van der Waals surface area contributed by atoms with Crippen molar-refractivity contribution in [3.63, 3.8) is 0 Å². The van der Waals surface area contributed by atoms with Crippen molar-refractivity contribution in [1.29, 1.82) is 0 Å². The molecule has 0 heterocycles. The average Bonchev–Trinajstić information content (AvgIpc) is 2.41. The van der Waals surface area contributed by atoms with Crippen molar-refractivity contribution in [3.8, 4) is 0 Å². The van der Waals surface area contributed by atoms with Gasteiger partial charge < -0.3 is 0 Å². The molecule has 0 aromatic heterocycles. The predicted octanol–water partition coefficient (Wildman–Crippen LogP) is 3.87. The number of carbonyl (C=O) groups is 1. The highest BCUT2D eigenvalue weighted by atomic mass is 32.2. The zero-order chi connectivity index (χ0) is 13.7. The van der Waals surface area contributed by atoms with E-state index in [4.69, 9.17) is 0 Å². The Morgan fingerprint density at radius 1 is 1.00 bits per heavy atom. The van der Waals surface area contributed by atoms with Gasteiger partial charge in [0.1, 0.15) is 5.78 Å². The molecular formula is C15H12F2OS. The van der Waals surface area contributed by atoms with Gasteiger partial charge in [-0.25, -0.2) is 8.78 Å². The zero-order valence-corrected chi connectivity index (χ0v) is 10.9. The Bertz CT molecular complexity index is 570. The molecule has 2 aromatic rings. The molecule has 0 unspecified atom stereocenters. The van der Waals surface area contributed by atoms with Gasteiger partial charge in [0, 0.05) is 11.3 Å². The van der Waals surface area contributed by atoms with E-state index >= 15 is 0 Å². The van der Waals surface area contributed by atoms with E-state index in [0.29, 0.717) is 11.3 Å². The smallest absolute Gasteiger partial charge is 0.159 e. The lowest BCUT2D eigenvalue weighted by molar-refractivity contribution is -0.116. The first-order valence-electron chi connectivity index (χ1n) is 5.78. The predicted molar refractivity (Wildman–Crippen MR) is 72.2 cm³/mol. The Labute approximate surface area is 114 Å². The molecule has 0 aliphatic heterocycles. The van der Waals surface area contributed by atoms with Gasteiger partial charge in [-0.05, 0) is 23.8 Å². The van der Waals surface area contributed by atoms with Gasteiger partial charge in [0.25, 0.3) is 0 Å². The SMILES string of the molecule is O=C(CSc1ccc(F)c(F)c1)Cc1ccccc1. The Hall–Kier alpha value is -1.68. The fourth-order valence-electron chi connectivity index (χ4n) is 1.61. The summed E-state index contributed by atoms with van der Waals surface area (Å²) < 4.78 is 25.7. The van der Waals surface area contributed by atoms with Crippen LogP contribution in [0.2, 0.25) is 0 Å². The summed E-state index contributed by atoms with van der Waals surface area (Å²) in [5.41, 5.74) is 0.957. The van der Waals surface area contributed by atoms with Crippen LogP contribution in [-0.4, -0.2) is 11.5 Å². The van der Waals surface area contributed by atoms with Crippen molar-refractivity contribution >= 4 is 17.5 Å². The van der Waals surface area contributed by atoms with Crippen molar-refractivity contribution < 1.29 is 13.6 Å². The number of benzene rings is 2. The number of thioether (sulfide) groups is 1. The van der Waals surface area contributed by atoms with E-state index in [0.717, 1.165) is 17.7 Å². The van der Waals surface area contributed by atoms with E-state index in [1.807, 2.05) is 30.3 Å². The lowest BCUT2D eigenvalue weighted by Crippen LogP contribution is -2.05. The largest absolute Gasteiger partial charge is 0.298 e. The Morgan fingerprint density at radius 2 is 1.74 bits per heavy atom. The topological polar surface area (TPSA) is 17.1 Å². The van der Waals surface area contributed by atoms with Crippen LogP contribution in [0.15, 0.2) is 53.4 Å². The number of carbonyl (C=O) groups excluding carboxylic acids is 1. The molecule has 0 fully saturated rings. The van der Waals surface area contributed by atoms with Crippen molar-refractivity contribution in [3.05, 3.63) is 65.7 Å². The quantitative estimate of drug-likeness (QED) is 0.772. The van der Waals surface area contributed by atoms with Crippen molar-refractivity contribution in [2.75, 3.05) is 5.75 Å². The van der Waals surface area contributed by atoms with Crippen LogP contribution >= 0.6 is 11.8 Å². The molecule has 0 bridgehead atoms. The highest BCUT2D eigenvalue weighted by Gasteiger charge is 2.07. The number of hydrogen-bond acceptors (Lipinski definition) is 2. The zero-order valence-electron chi connectivity index (χ0n) is 10.1. The van der Waals surface area contributed by atoms with Gasteiger partial charge in [0.2, 0.25) is 0 Å². The maximum absolute atomic E-state index is 13.0. The monoisotopic (exact) mass is 278 g/mol. The summed E-state index contributed by atoms with van der Waals surface area (Å²) in [6.45, 7) is 0. The van der Waals surface area contributed by atoms with E-state index in [2.05, 4.69) is 0 Å². The number of rotatable bonds is 5. The Kier molecular flexibility index (Phi) is 4.68. The molecule has 98 valence electrons. The van der Waals surface area contributed by atoms with Crippen molar-refractivity contribution in [2.45, 2.75) is 11.3 Å². The number of hydrogen-bond donors (Lipinski definition) is 0. The second-order valence-corrected chi connectivity index (χ2v) is 5.11. The molecule has 0 saturated carbocycles. The van der Waals surface area contributed by atoms with Crippen molar-refractivity contribution in [1.82, 2.24) is 0 Å². The molecule has 1 nitrogen and oxygen atoms in total. The standard InChI is InChI=1S/C15H12F2OS/c16-14-7-6-13(9-15(14)17)19-10-12(18)8-11-4-2-1-3-5-11/h1-7,9H,8,10H2. The van der Waals surface area contributed by atoms with Gasteiger partial charge in [-0.2, -0.15) is 0 Å². The molecule has 0 atom stereocenters. The third-order valence-corrected chi connectivity index (χ3v) is 3.59. The maximum Gasteiger partial charge on any atom is 0.159 e. The highest BCUT2D eigenvalue weighted by molar-refractivity contribution is 8.00. The number of halogens is 2. The summed E-state index contributed by atoms with van der Waals surface area (Å²) >= 11 is 1.21. The van der Waals surface area contributed by atoms with Crippen LogP contribution in [-0.2, 0) is 11.2 Å². The first-order chi connectivity index (χ1) is 9.15. The van der Waals surface area contributed by atoms with Crippen LogP contribution < -0.4 is 0 Å². The highest BCUT2D eigenvalue weighted by Crippen LogP contribution is 2.20. The molecular weight excluding hydrogens is 266 g/mol. The normalized spacial score (nSPS) is 10.4. The van der Waals surface area contributed by atoms with Gasteiger partial charge in [-0.3, -0.25) is 4.79 Å². The summed E-state index contributed by atoms with van der Waals surface area (Å²) in [6.07, 6.45) is 0.359. The van der Waals surface area contributed by atoms with Crippen LogP contribution in [0.4, 0.5) is 8.78 Å². The van der Waals surface area contributed by atoms with E-state index in [9.17, 15) is 13.6 Å². The number of ketones is 1. The minimum Gasteiger partial charge on any atom is -0.298 e. The first-order valence-corrected chi connectivity index (χ1v) is 6.77. The Morgan fingerprint density at radius 3 is 2.42 bits per heavy atom. The van der Waals surface area contributed by atoms with Crippen LogP contribution in [0.3, 0.4) is 0 Å². The van der Waals surface area contributed by atoms with Crippen LogP contribution in [0.5, 0.6) is 0 Å². The third-order valence-electron chi connectivity index (χ3n) is 2.54. The fourth-order valence-corrected chi connectivity index (χ4v) is 2.39. The minimum absolute atomic E-state index is 0.0564. The Balaban J connectivity index is 1.88. The molecule has 2 aromatic carbocycles. The summed E-state index contributed by atoms with van der Waals surface area (Å²) in [6, 6.07) is 13.1. The van der Waals surface area contributed by atoms with E-state index in [-0.39, 0.29) is 11.5 Å². The van der Waals surface area contributed by atoms with E-state index < -0.39 is 11.6 Å². The molecule has 19 heavy (non-hydrogen) atoms. The lowest BCUT2D eigenvalue weighted by Gasteiger charge is -2.02. The van der Waals surface area contributed by atoms with Gasteiger partial charge in [0.15, 0.2) is 11.6 Å². The van der Waals surface area contributed by atoms with Gasteiger partial charge in [-0.15, -0.1) is 11.8 Å². The summed E-state index contributed by atoms with van der Waals surface area (Å²) in [5.74, 6) is -1.46. The molecule has 0 aliphatic carbocycles. The molecule has 0 spiro atoms. The molecule has 0 aliphatic rings. The van der Waals surface area contributed by atoms with E-state index in [1.165, 1.54) is 17.8 Å². The van der Waals surface area contributed by atoms with Gasteiger partial charge in [-0.1, -0.05) is 30.3 Å². The molecule has 0 radical (unpaired) electrons. The first kappa shape index (κ1) is 13.7. The summed E-state index contributed by atoms with van der Waals surface area (Å²) in [5, 5.41) is 0. The molecule has 0 amide bonds. The van der Waals surface area contributed by atoms with Gasteiger partial charge >= 0.3 is 0 Å². The second-order valence-electron chi connectivity index (χ2n) is 4.07. The summed E-state index contributed by atoms with van der Waals surface area (Å²) in [4.78, 5) is 12.3. The maximum atomic E-state index is 13.0. The number of Topliss-reactive ketones (excluding diaryl/α,β-unsaturated/α-hetero) is 1. The molecule has 0 N–H and O–H groups in total. The van der Waals surface area contributed by atoms with Crippen LogP contribution in [0, 0.1) is 11.6 Å². The fraction of sp³-hybridized carbons (Fsp3) is 0.133. The lowest BCUT2D eigenvalue weighted by atomic mass is 10.1. The van der Waals surface area contributed by atoms with Crippen LogP contribution in [0.25, 0.3) is 0 Å². The van der Waals surface area contributed by atoms with E-state index in [1.54, 1.807) is 0 Å². The molecule has 2 rings (SSSR count). The minimum atomic E-state index is -0.888. The van der Waals surface area contributed by atoms with Gasteiger partial charge in [0.05, 0.1) is 5.75 Å². The molecule has 4 heteroatoms. The molecule has 0 saturated heterocycles.